The maximum absolute atomic E-state index is 11.4. The maximum Gasteiger partial charge on any atom is 0.175 e. The molecule has 1 heterocycles. The van der Waals surface area contributed by atoms with E-state index in [4.69, 9.17) is 0 Å². The van der Waals surface area contributed by atoms with E-state index in [9.17, 15) is 8.42 Å². The Balaban J connectivity index is 1.91. The molecule has 1 N–H and O–H groups in total. The van der Waals surface area contributed by atoms with E-state index in [1.165, 1.54) is 25.6 Å². The van der Waals surface area contributed by atoms with Gasteiger partial charge in [0.05, 0.1) is 4.90 Å². The van der Waals surface area contributed by atoms with E-state index in [0.29, 0.717) is 16.9 Å². The number of nitrogens with zero attached hydrogens (tertiary/aromatic N) is 1. The summed E-state index contributed by atoms with van der Waals surface area (Å²) in [6.07, 6.45) is 3.74. The maximum atomic E-state index is 11.4. The van der Waals surface area contributed by atoms with Crippen LogP contribution >= 0.6 is 0 Å². The van der Waals surface area contributed by atoms with Crippen LogP contribution in [0.3, 0.4) is 0 Å². The van der Waals surface area contributed by atoms with Crippen LogP contribution in [0, 0.1) is 5.92 Å². The summed E-state index contributed by atoms with van der Waals surface area (Å²) in [6, 6.07) is 7.61. The molecule has 1 aliphatic heterocycles. The molecule has 4 nitrogen and oxygen atoms in total. The lowest BCUT2D eigenvalue weighted by atomic mass is 10.1. The second-order valence-corrected chi connectivity index (χ2v) is 8.38. The van der Waals surface area contributed by atoms with E-state index in [-0.39, 0.29) is 0 Å². The fourth-order valence-corrected chi connectivity index (χ4v) is 3.52. The second-order valence-electron chi connectivity index (χ2n) is 6.36. The summed E-state index contributed by atoms with van der Waals surface area (Å²) in [5, 5.41) is 3.43. The fraction of sp³-hybridized carbons (Fsp3) is 0.625. The molecule has 1 atom stereocenters. The second kappa shape index (κ2) is 6.79. The van der Waals surface area contributed by atoms with E-state index in [1.807, 2.05) is 12.1 Å². The SMILES string of the molecule is CC(C)CN1CCC[C@@H]1CNc1ccc(S(C)(=O)=O)cc1. The van der Waals surface area contributed by atoms with Crippen molar-refractivity contribution in [2.45, 2.75) is 37.6 Å². The molecule has 1 aromatic rings. The van der Waals surface area contributed by atoms with Crippen LogP contribution in [0.1, 0.15) is 26.7 Å². The Morgan fingerprint density at radius 3 is 2.52 bits per heavy atom. The molecule has 0 spiro atoms. The van der Waals surface area contributed by atoms with Gasteiger partial charge in [0.2, 0.25) is 0 Å². The average Bonchev–Trinajstić information content (AvgIpc) is 2.82. The number of nitrogens with one attached hydrogen (secondary N) is 1. The summed E-state index contributed by atoms with van der Waals surface area (Å²) in [5.41, 5.74) is 0.985. The highest BCUT2D eigenvalue weighted by atomic mass is 32.2. The molecule has 1 aromatic carbocycles. The molecule has 0 unspecified atom stereocenters. The number of rotatable bonds is 6. The lowest BCUT2D eigenvalue weighted by Crippen LogP contribution is -2.37. The molecule has 5 heteroatoms. The number of hydrogen-bond donors (Lipinski definition) is 1. The smallest absolute Gasteiger partial charge is 0.175 e. The molecule has 0 saturated carbocycles. The van der Waals surface area contributed by atoms with E-state index in [0.717, 1.165) is 18.8 Å². The molecule has 0 aromatic heterocycles. The summed E-state index contributed by atoms with van der Waals surface area (Å²) < 4.78 is 22.9. The third kappa shape index (κ3) is 4.71. The minimum absolute atomic E-state index is 0.371. The Labute approximate surface area is 128 Å². The average molecular weight is 310 g/mol. The van der Waals surface area contributed by atoms with Gasteiger partial charge in [-0.2, -0.15) is 0 Å². The van der Waals surface area contributed by atoms with Crippen molar-refractivity contribution in [2.24, 2.45) is 5.92 Å². The molecule has 1 fully saturated rings. The van der Waals surface area contributed by atoms with Crippen molar-refractivity contribution in [1.82, 2.24) is 4.90 Å². The minimum atomic E-state index is -3.11. The van der Waals surface area contributed by atoms with Gasteiger partial charge in [-0.1, -0.05) is 13.8 Å². The largest absolute Gasteiger partial charge is 0.383 e. The van der Waals surface area contributed by atoms with Crippen molar-refractivity contribution in [1.29, 1.82) is 0 Å². The molecular formula is C16H26N2O2S. The van der Waals surface area contributed by atoms with Crippen molar-refractivity contribution < 1.29 is 8.42 Å². The van der Waals surface area contributed by atoms with Gasteiger partial charge in [0, 0.05) is 31.1 Å². The Morgan fingerprint density at radius 2 is 1.95 bits per heavy atom. The monoisotopic (exact) mass is 310 g/mol. The lowest BCUT2D eigenvalue weighted by Gasteiger charge is -2.26. The fourth-order valence-electron chi connectivity index (χ4n) is 2.89. The zero-order valence-corrected chi connectivity index (χ0v) is 14.0. The van der Waals surface area contributed by atoms with E-state index in [2.05, 4.69) is 24.1 Å². The number of benzene rings is 1. The summed E-state index contributed by atoms with van der Waals surface area (Å²) in [6.45, 7) is 7.78. The summed E-state index contributed by atoms with van der Waals surface area (Å²) in [5.74, 6) is 0.694. The number of sulfone groups is 1. The van der Waals surface area contributed by atoms with Crippen molar-refractivity contribution in [3.8, 4) is 0 Å². The Hall–Kier alpha value is -1.07. The third-order valence-corrected chi connectivity index (χ3v) is 5.05. The van der Waals surface area contributed by atoms with Crippen molar-refractivity contribution in [2.75, 3.05) is 31.2 Å². The third-order valence-electron chi connectivity index (χ3n) is 3.92. The zero-order chi connectivity index (χ0) is 15.5. The van der Waals surface area contributed by atoms with Gasteiger partial charge in [0.15, 0.2) is 9.84 Å². The standard InChI is InChI=1S/C16H26N2O2S/c1-13(2)12-18-10-4-5-15(18)11-17-14-6-8-16(9-7-14)21(3,19)20/h6-9,13,15,17H,4-5,10-12H2,1-3H3/t15-/m1/s1. The van der Waals surface area contributed by atoms with E-state index in [1.54, 1.807) is 12.1 Å². The number of anilines is 1. The Kier molecular flexibility index (Phi) is 5.27. The van der Waals surface area contributed by atoms with Gasteiger partial charge in [-0.15, -0.1) is 0 Å². The molecule has 118 valence electrons. The van der Waals surface area contributed by atoms with Crippen LogP contribution in [-0.2, 0) is 9.84 Å². The van der Waals surface area contributed by atoms with Gasteiger partial charge >= 0.3 is 0 Å². The van der Waals surface area contributed by atoms with Crippen LogP contribution in [0.2, 0.25) is 0 Å². The van der Waals surface area contributed by atoms with Gasteiger partial charge in [-0.25, -0.2) is 8.42 Å². The quantitative estimate of drug-likeness (QED) is 0.877. The van der Waals surface area contributed by atoms with Gasteiger partial charge in [0.25, 0.3) is 0 Å². The minimum Gasteiger partial charge on any atom is -0.383 e. The zero-order valence-electron chi connectivity index (χ0n) is 13.2. The molecular weight excluding hydrogens is 284 g/mol. The van der Waals surface area contributed by atoms with Gasteiger partial charge in [-0.05, 0) is 49.6 Å². The van der Waals surface area contributed by atoms with Crippen LogP contribution in [0.5, 0.6) is 0 Å². The van der Waals surface area contributed by atoms with Crippen LogP contribution in [0.25, 0.3) is 0 Å². The molecule has 0 bridgehead atoms. The van der Waals surface area contributed by atoms with Crippen molar-refractivity contribution in [3.05, 3.63) is 24.3 Å². The van der Waals surface area contributed by atoms with Crippen LogP contribution in [-0.4, -0.2) is 45.2 Å². The van der Waals surface area contributed by atoms with Gasteiger partial charge in [0.1, 0.15) is 0 Å². The summed E-state index contributed by atoms with van der Waals surface area (Å²) in [4.78, 5) is 2.93. The van der Waals surface area contributed by atoms with E-state index < -0.39 is 9.84 Å². The Morgan fingerprint density at radius 1 is 1.29 bits per heavy atom. The van der Waals surface area contributed by atoms with Crippen LogP contribution in [0.4, 0.5) is 5.69 Å². The predicted molar refractivity (Wildman–Crippen MR) is 87.5 cm³/mol. The molecule has 0 aliphatic carbocycles. The van der Waals surface area contributed by atoms with Crippen LogP contribution in [0.15, 0.2) is 29.2 Å². The first-order valence-corrected chi connectivity index (χ1v) is 9.53. The predicted octanol–water partition coefficient (Wildman–Crippen LogP) is 2.62. The highest BCUT2D eigenvalue weighted by Crippen LogP contribution is 2.20. The number of hydrogen-bond acceptors (Lipinski definition) is 4. The summed E-state index contributed by atoms with van der Waals surface area (Å²) >= 11 is 0. The molecule has 0 radical (unpaired) electrons. The summed E-state index contributed by atoms with van der Waals surface area (Å²) in [7, 11) is -3.11. The van der Waals surface area contributed by atoms with Gasteiger partial charge in [-0.3, -0.25) is 4.90 Å². The first kappa shape index (κ1) is 16.3. The highest BCUT2D eigenvalue weighted by Gasteiger charge is 2.24. The van der Waals surface area contributed by atoms with E-state index >= 15 is 0 Å². The normalized spacial score (nSPS) is 20.1. The molecule has 2 rings (SSSR count). The molecule has 0 amide bonds. The van der Waals surface area contributed by atoms with Gasteiger partial charge < -0.3 is 5.32 Å². The topological polar surface area (TPSA) is 49.4 Å². The molecule has 1 saturated heterocycles. The van der Waals surface area contributed by atoms with Crippen molar-refractivity contribution >= 4 is 15.5 Å². The Bertz CT molecular complexity index is 552. The molecule has 21 heavy (non-hydrogen) atoms. The van der Waals surface area contributed by atoms with Crippen LogP contribution < -0.4 is 5.32 Å². The lowest BCUT2D eigenvalue weighted by molar-refractivity contribution is 0.234. The first-order valence-electron chi connectivity index (χ1n) is 7.64. The first-order chi connectivity index (χ1) is 9.86. The highest BCUT2D eigenvalue weighted by molar-refractivity contribution is 7.90. The number of likely N-dealkylation sites (tertiary alicyclic amines) is 1. The van der Waals surface area contributed by atoms with Crippen molar-refractivity contribution in [3.63, 3.8) is 0 Å². The molecule has 1 aliphatic rings.